The highest BCUT2D eigenvalue weighted by molar-refractivity contribution is 8.55. The van der Waals surface area contributed by atoms with E-state index in [4.69, 9.17) is 13.8 Å². The molecule has 1 saturated heterocycles. The van der Waals surface area contributed by atoms with Gasteiger partial charge >= 0.3 is 6.80 Å². The van der Waals surface area contributed by atoms with Gasteiger partial charge in [-0.05, 0) is 45.5 Å². The number of rotatable bonds is 8. The standard InChI is InChI=1S/C14H30NO4PS/c1-6-13(2)18-20(16,19-14(3,4)5)21-12-9-15-7-10-17-11-8-15/h13H,6-12H2,1-5H3. The molecule has 1 aliphatic heterocycles. The van der Waals surface area contributed by atoms with E-state index >= 15 is 0 Å². The minimum absolute atomic E-state index is 0.0610. The van der Waals surface area contributed by atoms with Crippen molar-refractivity contribution in [2.24, 2.45) is 0 Å². The number of hydrogen-bond acceptors (Lipinski definition) is 6. The molecule has 21 heavy (non-hydrogen) atoms. The minimum Gasteiger partial charge on any atom is -0.379 e. The molecule has 0 aliphatic carbocycles. The van der Waals surface area contributed by atoms with Crippen LogP contribution in [0.1, 0.15) is 41.0 Å². The van der Waals surface area contributed by atoms with Gasteiger partial charge in [0.15, 0.2) is 0 Å². The second-order valence-corrected chi connectivity index (χ2v) is 10.3. The van der Waals surface area contributed by atoms with E-state index in [0.717, 1.165) is 45.0 Å². The van der Waals surface area contributed by atoms with Crippen molar-refractivity contribution in [2.45, 2.75) is 52.7 Å². The first-order chi connectivity index (χ1) is 9.74. The summed E-state index contributed by atoms with van der Waals surface area (Å²) in [5.41, 5.74) is -0.477. The van der Waals surface area contributed by atoms with Gasteiger partial charge in [-0.3, -0.25) is 13.9 Å². The van der Waals surface area contributed by atoms with E-state index in [1.807, 2.05) is 34.6 Å². The average molecular weight is 339 g/mol. The maximum atomic E-state index is 12.9. The Hall–Kier alpha value is 0.420. The Morgan fingerprint density at radius 2 is 1.95 bits per heavy atom. The van der Waals surface area contributed by atoms with Gasteiger partial charge in [-0.25, -0.2) is 4.57 Å². The van der Waals surface area contributed by atoms with E-state index in [-0.39, 0.29) is 6.10 Å². The molecule has 0 bridgehead atoms. The molecule has 7 heteroatoms. The third kappa shape index (κ3) is 8.58. The lowest BCUT2D eigenvalue weighted by Gasteiger charge is -2.30. The van der Waals surface area contributed by atoms with Crippen LogP contribution in [-0.4, -0.2) is 55.2 Å². The molecule has 5 nitrogen and oxygen atoms in total. The first-order valence-corrected chi connectivity index (χ1v) is 10.8. The van der Waals surface area contributed by atoms with E-state index in [1.54, 1.807) is 0 Å². The molecule has 0 N–H and O–H groups in total. The van der Waals surface area contributed by atoms with Crippen LogP contribution in [0.4, 0.5) is 0 Å². The molecule has 0 spiro atoms. The molecule has 0 radical (unpaired) electrons. The summed E-state index contributed by atoms with van der Waals surface area (Å²) in [7, 11) is 0. The summed E-state index contributed by atoms with van der Waals surface area (Å²) in [6.45, 7) is 10.9. The molecule has 0 aromatic heterocycles. The third-order valence-electron chi connectivity index (χ3n) is 3.03. The second kappa shape index (κ2) is 8.90. The first-order valence-electron chi connectivity index (χ1n) is 7.68. The molecule has 2 atom stereocenters. The molecule has 0 saturated carbocycles. The zero-order chi connectivity index (χ0) is 15.9. The van der Waals surface area contributed by atoms with Gasteiger partial charge in [0.1, 0.15) is 0 Å². The average Bonchev–Trinajstić information content (AvgIpc) is 2.37. The van der Waals surface area contributed by atoms with E-state index in [9.17, 15) is 4.57 Å². The fourth-order valence-corrected chi connectivity index (χ4v) is 6.16. The molecule has 2 unspecified atom stereocenters. The minimum atomic E-state index is -3.12. The van der Waals surface area contributed by atoms with Gasteiger partial charge < -0.3 is 4.74 Å². The normalized spacial score (nSPS) is 22.0. The number of hydrogen-bond donors (Lipinski definition) is 0. The Morgan fingerprint density at radius 3 is 2.48 bits per heavy atom. The monoisotopic (exact) mass is 339 g/mol. The predicted octanol–water partition coefficient (Wildman–Crippen LogP) is 3.79. The second-order valence-electron chi connectivity index (χ2n) is 6.26. The third-order valence-corrected chi connectivity index (χ3v) is 7.08. The highest BCUT2D eigenvalue weighted by Crippen LogP contribution is 2.63. The molecule has 1 rings (SSSR count). The van der Waals surface area contributed by atoms with Crippen LogP contribution < -0.4 is 0 Å². The van der Waals surface area contributed by atoms with E-state index in [1.165, 1.54) is 11.4 Å². The van der Waals surface area contributed by atoms with Crippen LogP contribution in [0.2, 0.25) is 0 Å². The predicted molar refractivity (Wildman–Crippen MR) is 89.0 cm³/mol. The SMILES string of the molecule is CCC(C)OP(=O)(OC(C)(C)C)SCCN1CCOCC1. The first kappa shape index (κ1) is 19.5. The van der Waals surface area contributed by atoms with Gasteiger partial charge in [0.05, 0.1) is 24.9 Å². The molecule has 0 aromatic rings. The van der Waals surface area contributed by atoms with Crippen molar-refractivity contribution in [1.29, 1.82) is 0 Å². The van der Waals surface area contributed by atoms with Gasteiger partial charge in [-0.1, -0.05) is 6.92 Å². The van der Waals surface area contributed by atoms with Crippen molar-refractivity contribution < 1.29 is 18.3 Å². The van der Waals surface area contributed by atoms with Gasteiger partial charge in [0.25, 0.3) is 0 Å². The topological polar surface area (TPSA) is 48.0 Å². The number of ether oxygens (including phenoxy) is 1. The summed E-state index contributed by atoms with van der Waals surface area (Å²) in [5, 5.41) is 0. The largest absolute Gasteiger partial charge is 0.389 e. The van der Waals surface area contributed by atoms with Crippen molar-refractivity contribution in [3.05, 3.63) is 0 Å². The van der Waals surface area contributed by atoms with Crippen molar-refractivity contribution >= 4 is 18.2 Å². The fraction of sp³-hybridized carbons (Fsp3) is 1.00. The smallest absolute Gasteiger partial charge is 0.379 e. The van der Waals surface area contributed by atoms with Gasteiger partial charge in [0.2, 0.25) is 0 Å². The molecule has 1 aliphatic rings. The van der Waals surface area contributed by atoms with Crippen molar-refractivity contribution in [3.8, 4) is 0 Å². The zero-order valence-electron chi connectivity index (χ0n) is 14.0. The Balaban J connectivity index is 2.49. The Kier molecular flexibility index (Phi) is 8.25. The highest BCUT2D eigenvalue weighted by Gasteiger charge is 2.33. The van der Waals surface area contributed by atoms with Crippen LogP contribution in [0.25, 0.3) is 0 Å². The Bertz CT molecular complexity index is 342. The van der Waals surface area contributed by atoms with Crippen LogP contribution in [0.15, 0.2) is 0 Å². The maximum absolute atomic E-state index is 12.9. The van der Waals surface area contributed by atoms with Gasteiger partial charge in [0, 0.05) is 25.4 Å². The molecule has 1 heterocycles. The summed E-state index contributed by atoms with van der Waals surface area (Å²) >= 11 is 1.32. The van der Waals surface area contributed by atoms with Crippen molar-refractivity contribution in [1.82, 2.24) is 4.90 Å². The summed E-state index contributed by atoms with van der Waals surface area (Å²) in [6, 6.07) is 0. The number of morpholine rings is 1. The quantitative estimate of drug-likeness (QED) is 0.627. The summed E-state index contributed by atoms with van der Waals surface area (Å²) in [4.78, 5) is 2.32. The lowest BCUT2D eigenvalue weighted by Crippen LogP contribution is -2.37. The van der Waals surface area contributed by atoms with Crippen LogP contribution in [0.5, 0.6) is 0 Å². The molecule has 0 aromatic carbocycles. The molecular formula is C14H30NO4PS. The highest BCUT2D eigenvalue weighted by atomic mass is 32.7. The number of nitrogens with zero attached hydrogens (tertiary/aromatic N) is 1. The van der Waals surface area contributed by atoms with E-state index in [0.29, 0.717) is 0 Å². The van der Waals surface area contributed by atoms with Crippen molar-refractivity contribution in [2.75, 3.05) is 38.6 Å². The zero-order valence-corrected chi connectivity index (χ0v) is 15.7. The van der Waals surface area contributed by atoms with Gasteiger partial charge in [-0.2, -0.15) is 0 Å². The summed E-state index contributed by atoms with van der Waals surface area (Å²) < 4.78 is 29.7. The molecule has 1 fully saturated rings. The summed E-state index contributed by atoms with van der Waals surface area (Å²) in [6.07, 6.45) is 0.760. The van der Waals surface area contributed by atoms with Crippen LogP contribution >= 0.6 is 18.2 Å². The molecular weight excluding hydrogens is 309 g/mol. The molecule has 0 amide bonds. The van der Waals surface area contributed by atoms with E-state index in [2.05, 4.69) is 4.90 Å². The lowest BCUT2D eigenvalue weighted by atomic mass is 10.2. The van der Waals surface area contributed by atoms with E-state index < -0.39 is 12.4 Å². The fourth-order valence-electron chi connectivity index (χ4n) is 1.82. The maximum Gasteiger partial charge on any atom is 0.389 e. The van der Waals surface area contributed by atoms with Crippen molar-refractivity contribution in [3.63, 3.8) is 0 Å². The summed E-state index contributed by atoms with van der Waals surface area (Å²) in [5.74, 6) is 0.740. The van der Waals surface area contributed by atoms with Gasteiger partial charge in [-0.15, -0.1) is 0 Å². The van der Waals surface area contributed by atoms with Crippen LogP contribution in [0, 0.1) is 0 Å². The Morgan fingerprint density at radius 1 is 1.33 bits per heavy atom. The van der Waals surface area contributed by atoms with Crippen LogP contribution in [0.3, 0.4) is 0 Å². The molecule has 126 valence electrons. The van der Waals surface area contributed by atoms with Crippen LogP contribution in [-0.2, 0) is 18.3 Å². The Labute approximate surface area is 133 Å². The lowest BCUT2D eigenvalue weighted by molar-refractivity contribution is 0.0410.